The van der Waals surface area contributed by atoms with E-state index in [0.717, 1.165) is 35.0 Å². The number of ether oxygens (including phenoxy) is 3. The van der Waals surface area contributed by atoms with E-state index in [1.54, 1.807) is 14.2 Å². The normalized spacial score (nSPS) is 11.2. The number of hydrogen-bond acceptors (Lipinski definition) is 4. The number of aliphatic imine (C=N–C) groups is 1. The Morgan fingerprint density at radius 1 is 1.00 bits per heavy atom. The van der Waals surface area contributed by atoms with Crippen molar-refractivity contribution in [2.24, 2.45) is 4.99 Å². The summed E-state index contributed by atoms with van der Waals surface area (Å²) in [5, 5.41) is 6.70. The molecule has 0 atom stereocenters. The zero-order valence-electron chi connectivity index (χ0n) is 18.0. The van der Waals surface area contributed by atoms with Crippen LogP contribution in [-0.2, 0) is 17.8 Å². The Hall–Kier alpha value is -2.73. The number of aryl methyl sites for hydroxylation is 1. The molecule has 0 aliphatic carbocycles. The largest absolute Gasteiger partial charge is 0.494 e. The van der Waals surface area contributed by atoms with Gasteiger partial charge in [-0.05, 0) is 43.2 Å². The molecule has 0 bridgehead atoms. The maximum Gasteiger partial charge on any atom is 0.191 e. The minimum Gasteiger partial charge on any atom is -0.494 e. The first-order chi connectivity index (χ1) is 14.2. The van der Waals surface area contributed by atoms with Gasteiger partial charge in [0.1, 0.15) is 11.5 Å². The Morgan fingerprint density at radius 2 is 1.83 bits per heavy atom. The molecule has 0 unspecified atom stereocenters. The van der Waals surface area contributed by atoms with E-state index in [-0.39, 0.29) is 0 Å². The van der Waals surface area contributed by atoms with Crippen LogP contribution in [0.1, 0.15) is 30.0 Å². The lowest BCUT2D eigenvalue weighted by Gasteiger charge is -2.16. The number of rotatable bonds is 11. The Kier molecular flexibility index (Phi) is 9.86. The maximum atomic E-state index is 5.96. The number of nitrogens with one attached hydrogen (secondary N) is 2. The lowest BCUT2D eigenvalue weighted by Crippen LogP contribution is -2.36. The number of methoxy groups -OCH3 is 1. The van der Waals surface area contributed by atoms with Crippen LogP contribution in [0.4, 0.5) is 0 Å². The summed E-state index contributed by atoms with van der Waals surface area (Å²) in [6.45, 7) is 7.32. The van der Waals surface area contributed by atoms with Crippen LogP contribution in [0.5, 0.6) is 11.5 Å². The lowest BCUT2D eigenvalue weighted by molar-refractivity contribution is 0.171. The summed E-state index contributed by atoms with van der Waals surface area (Å²) < 4.78 is 16.6. The van der Waals surface area contributed by atoms with Crippen molar-refractivity contribution in [1.29, 1.82) is 0 Å². The smallest absolute Gasteiger partial charge is 0.191 e. The summed E-state index contributed by atoms with van der Waals surface area (Å²) in [6, 6.07) is 14.3. The van der Waals surface area contributed by atoms with Crippen molar-refractivity contribution in [3.63, 3.8) is 0 Å². The Labute approximate surface area is 174 Å². The third-order valence-electron chi connectivity index (χ3n) is 4.31. The lowest BCUT2D eigenvalue weighted by atomic mass is 10.1. The molecule has 6 nitrogen and oxygen atoms in total. The van der Waals surface area contributed by atoms with E-state index in [0.29, 0.717) is 32.9 Å². The second-order valence-corrected chi connectivity index (χ2v) is 6.67. The van der Waals surface area contributed by atoms with Crippen molar-refractivity contribution in [3.05, 3.63) is 59.2 Å². The average Bonchev–Trinajstić information content (AvgIpc) is 2.73. The fourth-order valence-corrected chi connectivity index (χ4v) is 2.82. The Balaban J connectivity index is 1.91. The van der Waals surface area contributed by atoms with E-state index in [9.17, 15) is 0 Å². The molecule has 0 saturated carbocycles. The first-order valence-electron chi connectivity index (χ1n) is 10.0. The molecule has 0 saturated heterocycles. The average molecular weight is 400 g/mol. The monoisotopic (exact) mass is 399 g/mol. The molecule has 0 amide bonds. The molecule has 0 fully saturated rings. The highest BCUT2D eigenvalue weighted by Crippen LogP contribution is 2.20. The maximum absolute atomic E-state index is 5.96. The molecular weight excluding hydrogens is 366 g/mol. The van der Waals surface area contributed by atoms with Crippen molar-refractivity contribution >= 4 is 5.96 Å². The van der Waals surface area contributed by atoms with Gasteiger partial charge >= 0.3 is 0 Å². The van der Waals surface area contributed by atoms with Gasteiger partial charge in [-0.2, -0.15) is 0 Å². The molecule has 158 valence electrons. The fraction of sp³-hybridized carbons (Fsp3) is 0.435. The van der Waals surface area contributed by atoms with E-state index in [1.165, 1.54) is 5.56 Å². The zero-order chi connectivity index (χ0) is 20.9. The number of nitrogens with zero attached hydrogens (tertiary/aromatic N) is 1. The van der Waals surface area contributed by atoms with E-state index < -0.39 is 0 Å². The van der Waals surface area contributed by atoms with Gasteiger partial charge in [-0.15, -0.1) is 0 Å². The van der Waals surface area contributed by atoms with Crippen molar-refractivity contribution in [2.45, 2.75) is 33.4 Å². The van der Waals surface area contributed by atoms with Crippen molar-refractivity contribution in [3.8, 4) is 11.5 Å². The summed E-state index contributed by atoms with van der Waals surface area (Å²) in [5.41, 5.74) is 3.40. The molecule has 2 aromatic rings. The Morgan fingerprint density at radius 3 is 2.59 bits per heavy atom. The molecule has 0 aliphatic rings. The van der Waals surface area contributed by atoms with Gasteiger partial charge in [0.25, 0.3) is 0 Å². The van der Waals surface area contributed by atoms with Gasteiger partial charge in [0, 0.05) is 45.8 Å². The summed E-state index contributed by atoms with van der Waals surface area (Å²) in [5.74, 6) is 2.51. The standard InChI is InChI=1S/C23H33N3O3/c1-5-28-21-9-6-8-19(15-21)16-25-23(24-3)26-17-20-11-10-18(2)14-22(20)29-13-7-12-27-4/h6,8-11,14-15H,5,7,12-13,16-17H2,1-4H3,(H2,24,25,26). The van der Waals surface area contributed by atoms with Gasteiger partial charge in [-0.25, -0.2) is 0 Å². The number of benzene rings is 2. The van der Waals surface area contributed by atoms with Crippen molar-refractivity contribution in [2.75, 3.05) is 34.0 Å². The summed E-state index contributed by atoms with van der Waals surface area (Å²) >= 11 is 0. The highest BCUT2D eigenvalue weighted by molar-refractivity contribution is 5.79. The summed E-state index contributed by atoms with van der Waals surface area (Å²) in [7, 11) is 3.47. The van der Waals surface area contributed by atoms with Crippen LogP contribution < -0.4 is 20.1 Å². The summed E-state index contributed by atoms with van der Waals surface area (Å²) in [6.07, 6.45) is 0.862. The molecular formula is C23H33N3O3. The van der Waals surface area contributed by atoms with Crippen LogP contribution in [0.25, 0.3) is 0 Å². The highest BCUT2D eigenvalue weighted by Gasteiger charge is 2.06. The highest BCUT2D eigenvalue weighted by atomic mass is 16.5. The Bertz CT molecular complexity index is 778. The zero-order valence-corrected chi connectivity index (χ0v) is 18.0. The van der Waals surface area contributed by atoms with Gasteiger partial charge in [0.15, 0.2) is 5.96 Å². The first-order valence-corrected chi connectivity index (χ1v) is 10.0. The van der Waals surface area contributed by atoms with Gasteiger partial charge in [0.2, 0.25) is 0 Å². The quantitative estimate of drug-likeness (QED) is 0.343. The number of guanidine groups is 1. The van der Waals surface area contributed by atoms with Crippen LogP contribution in [-0.4, -0.2) is 39.9 Å². The van der Waals surface area contributed by atoms with Gasteiger partial charge in [0.05, 0.1) is 13.2 Å². The molecule has 0 heterocycles. The van der Waals surface area contributed by atoms with Crippen molar-refractivity contribution < 1.29 is 14.2 Å². The second kappa shape index (κ2) is 12.7. The molecule has 0 radical (unpaired) electrons. The van der Waals surface area contributed by atoms with Crippen LogP contribution in [0, 0.1) is 6.92 Å². The SMILES string of the molecule is CCOc1cccc(CNC(=NC)NCc2ccc(C)cc2OCCCOC)c1. The molecule has 2 aromatic carbocycles. The molecule has 0 aliphatic heterocycles. The topological polar surface area (TPSA) is 64.1 Å². The third-order valence-corrected chi connectivity index (χ3v) is 4.31. The molecule has 0 spiro atoms. The van der Waals surface area contributed by atoms with Gasteiger partial charge < -0.3 is 24.8 Å². The fourth-order valence-electron chi connectivity index (χ4n) is 2.82. The van der Waals surface area contributed by atoms with Gasteiger partial charge in [-0.3, -0.25) is 4.99 Å². The van der Waals surface area contributed by atoms with E-state index in [2.05, 4.69) is 46.8 Å². The minimum absolute atomic E-state index is 0.624. The van der Waals surface area contributed by atoms with Gasteiger partial charge in [-0.1, -0.05) is 24.3 Å². The van der Waals surface area contributed by atoms with Crippen LogP contribution in [0.15, 0.2) is 47.5 Å². The molecule has 6 heteroatoms. The predicted molar refractivity (Wildman–Crippen MR) is 118 cm³/mol. The second-order valence-electron chi connectivity index (χ2n) is 6.67. The van der Waals surface area contributed by atoms with E-state index in [4.69, 9.17) is 14.2 Å². The summed E-state index contributed by atoms with van der Waals surface area (Å²) in [4.78, 5) is 4.32. The van der Waals surface area contributed by atoms with E-state index >= 15 is 0 Å². The van der Waals surface area contributed by atoms with Crippen LogP contribution >= 0.6 is 0 Å². The molecule has 2 N–H and O–H groups in total. The number of hydrogen-bond donors (Lipinski definition) is 2. The predicted octanol–water partition coefficient (Wildman–Crippen LogP) is 3.67. The first kappa shape index (κ1) is 22.6. The van der Waals surface area contributed by atoms with Crippen LogP contribution in [0.2, 0.25) is 0 Å². The molecule has 29 heavy (non-hydrogen) atoms. The van der Waals surface area contributed by atoms with E-state index in [1.807, 2.05) is 25.1 Å². The van der Waals surface area contributed by atoms with Crippen molar-refractivity contribution in [1.82, 2.24) is 10.6 Å². The molecule has 0 aromatic heterocycles. The minimum atomic E-state index is 0.624. The molecule has 2 rings (SSSR count). The van der Waals surface area contributed by atoms with Crippen LogP contribution in [0.3, 0.4) is 0 Å². The third kappa shape index (κ3) is 8.03.